The van der Waals surface area contributed by atoms with Crippen molar-refractivity contribution in [3.63, 3.8) is 0 Å². The van der Waals surface area contributed by atoms with E-state index in [-0.39, 0.29) is 6.04 Å². The van der Waals surface area contributed by atoms with E-state index in [0.29, 0.717) is 17.3 Å². The number of rotatable bonds is 5. The van der Waals surface area contributed by atoms with Gasteiger partial charge in [0.1, 0.15) is 4.21 Å². The molecule has 0 bridgehead atoms. The zero-order chi connectivity index (χ0) is 13.2. The molecule has 1 saturated heterocycles. The van der Waals surface area contributed by atoms with Crippen LogP contribution in [-0.2, 0) is 16.4 Å². The molecule has 2 rings (SSSR count). The Labute approximate surface area is 113 Å². The number of thiophene rings is 1. The van der Waals surface area contributed by atoms with E-state index in [4.69, 9.17) is 5.73 Å². The molecule has 2 heterocycles. The van der Waals surface area contributed by atoms with Gasteiger partial charge < -0.3 is 5.73 Å². The fraction of sp³-hybridized carbons (Fsp3) is 0.667. The molecular formula is C12H20N2O2S2. The summed E-state index contributed by atoms with van der Waals surface area (Å²) in [5, 5.41) is 0. The molecule has 1 unspecified atom stereocenters. The Morgan fingerprint density at radius 2 is 2.28 bits per heavy atom. The third kappa shape index (κ3) is 2.61. The Bertz CT molecular complexity index is 496. The van der Waals surface area contributed by atoms with Crippen LogP contribution in [0.5, 0.6) is 0 Å². The summed E-state index contributed by atoms with van der Waals surface area (Å²) in [4.78, 5) is 1.04. The average Bonchev–Trinajstić information content (AvgIpc) is 2.97. The largest absolute Gasteiger partial charge is 0.330 e. The number of hydrogen-bond donors (Lipinski definition) is 1. The summed E-state index contributed by atoms with van der Waals surface area (Å²) in [6.45, 7) is 3.26. The lowest BCUT2D eigenvalue weighted by Crippen LogP contribution is -2.34. The van der Waals surface area contributed by atoms with E-state index in [1.807, 2.05) is 13.0 Å². The molecule has 4 nitrogen and oxygen atoms in total. The average molecular weight is 288 g/mol. The molecule has 0 spiro atoms. The van der Waals surface area contributed by atoms with E-state index in [9.17, 15) is 8.42 Å². The van der Waals surface area contributed by atoms with Crippen molar-refractivity contribution >= 4 is 21.4 Å². The van der Waals surface area contributed by atoms with Gasteiger partial charge in [-0.05, 0) is 44.4 Å². The summed E-state index contributed by atoms with van der Waals surface area (Å²) in [7, 11) is -3.29. The van der Waals surface area contributed by atoms with Gasteiger partial charge >= 0.3 is 0 Å². The number of hydrogen-bond acceptors (Lipinski definition) is 4. The van der Waals surface area contributed by atoms with Crippen LogP contribution in [0.25, 0.3) is 0 Å². The highest BCUT2D eigenvalue weighted by atomic mass is 32.2. The number of nitrogens with zero attached hydrogens (tertiary/aromatic N) is 1. The Balaban J connectivity index is 2.24. The number of sulfonamides is 1. The van der Waals surface area contributed by atoms with Gasteiger partial charge in [-0.15, -0.1) is 11.3 Å². The van der Waals surface area contributed by atoms with Crippen LogP contribution in [0.4, 0.5) is 0 Å². The lowest BCUT2D eigenvalue weighted by Gasteiger charge is -2.21. The number of nitrogens with two attached hydrogens (primary N) is 1. The molecule has 1 aromatic heterocycles. The van der Waals surface area contributed by atoms with E-state index in [1.54, 1.807) is 10.4 Å². The lowest BCUT2D eigenvalue weighted by molar-refractivity contribution is 0.380. The quantitative estimate of drug-likeness (QED) is 0.899. The fourth-order valence-electron chi connectivity index (χ4n) is 2.42. The van der Waals surface area contributed by atoms with Gasteiger partial charge in [0.15, 0.2) is 0 Å². The molecule has 0 amide bonds. The molecule has 1 fully saturated rings. The maximum Gasteiger partial charge on any atom is 0.252 e. The van der Waals surface area contributed by atoms with Crippen molar-refractivity contribution in [3.8, 4) is 0 Å². The van der Waals surface area contributed by atoms with Crippen molar-refractivity contribution in [1.29, 1.82) is 0 Å². The first-order valence-corrected chi connectivity index (χ1v) is 8.66. The normalized spacial score (nSPS) is 21.6. The lowest BCUT2D eigenvalue weighted by atomic mass is 10.2. The smallest absolute Gasteiger partial charge is 0.252 e. The highest BCUT2D eigenvalue weighted by Gasteiger charge is 2.34. The summed E-state index contributed by atoms with van der Waals surface area (Å²) in [5.41, 5.74) is 5.49. The SMILES string of the molecule is CCC1CCCN1S(=O)(=O)c1ccc(CCN)s1. The van der Waals surface area contributed by atoms with Crippen molar-refractivity contribution in [3.05, 3.63) is 17.0 Å². The molecule has 2 N–H and O–H groups in total. The standard InChI is InChI=1S/C12H20N2O2S2/c1-2-10-4-3-9-14(10)18(15,16)12-6-5-11(17-12)7-8-13/h5-6,10H,2-4,7-9,13H2,1H3. The van der Waals surface area contributed by atoms with Crippen molar-refractivity contribution in [1.82, 2.24) is 4.31 Å². The van der Waals surface area contributed by atoms with Crippen molar-refractivity contribution < 1.29 is 8.42 Å². The first kappa shape index (κ1) is 14.0. The van der Waals surface area contributed by atoms with Gasteiger partial charge in [0, 0.05) is 17.5 Å². The molecule has 0 aliphatic carbocycles. The van der Waals surface area contributed by atoms with Crippen LogP contribution in [-0.4, -0.2) is 31.9 Å². The molecule has 0 radical (unpaired) electrons. The van der Waals surface area contributed by atoms with Gasteiger partial charge in [-0.1, -0.05) is 6.92 Å². The van der Waals surface area contributed by atoms with Crippen LogP contribution in [0.3, 0.4) is 0 Å². The topological polar surface area (TPSA) is 63.4 Å². The van der Waals surface area contributed by atoms with E-state index in [0.717, 1.165) is 30.6 Å². The van der Waals surface area contributed by atoms with Crippen LogP contribution in [0, 0.1) is 0 Å². The van der Waals surface area contributed by atoms with Crippen LogP contribution in [0.15, 0.2) is 16.3 Å². The summed E-state index contributed by atoms with van der Waals surface area (Å²) in [5.74, 6) is 0. The van der Waals surface area contributed by atoms with Gasteiger partial charge in [0.25, 0.3) is 10.0 Å². The van der Waals surface area contributed by atoms with Crippen LogP contribution in [0.1, 0.15) is 31.1 Å². The van der Waals surface area contributed by atoms with Gasteiger partial charge in [-0.2, -0.15) is 4.31 Å². The second-order valence-electron chi connectivity index (χ2n) is 4.58. The van der Waals surface area contributed by atoms with Crippen LogP contribution < -0.4 is 5.73 Å². The van der Waals surface area contributed by atoms with Crippen molar-refractivity contribution in [2.24, 2.45) is 5.73 Å². The molecule has 1 atom stereocenters. The summed E-state index contributed by atoms with van der Waals surface area (Å²) in [6.07, 6.45) is 3.59. The Kier molecular flexibility index (Phi) is 4.42. The molecular weight excluding hydrogens is 268 g/mol. The summed E-state index contributed by atoms with van der Waals surface area (Å²) >= 11 is 1.35. The third-order valence-electron chi connectivity index (χ3n) is 3.39. The van der Waals surface area contributed by atoms with E-state index in [1.165, 1.54) is 11.3 Å². The second kappa shape index (κ2) is 5.69. The first-order chi connectivity index (χ1) is 8.59. The molecule has 102 valence electrons. The maximum absolute atomic E-state index is 12.5. The molecule has 0 saturated carbocycles. The Morgan fingerprint density at radius 3 is 2.94 bits per heavy atom. The van der Waals surface area contributed by atoms with Gasteiger partial charge in [0.2, 0.25) is 0 Å². The maximum atomic E-state index is 12.5. The predicted octanol–water partition coefficient (Wildman–Crippen LogP) is 1.81. The molecule has 18 heavy (non-hydrogen) atoms. The van der Waals surface area contributed by atoms with Crippen LogP contribution >= 0.6 is 11.3 Å². The zero-order valence-electron chi connectivity index (χ0n) is 10.6. The minimum atomic E-state index is -3.29. The first-order valence-electron chi connectivity index (χ1n) is 6.40. The summed E-state index contributed by atoms with van der Waals surface area (Å²) < 4.78 is 27.2. The highest BCUT2D eigenvalue weighted by molar-refractivity contribution is 7.91. The van der Waals surface area contributed by atoms with E-state index < -0.39 is 10.0 Å². The van der Waals surface area contributed by atoms with Gasteiger partial charge in [-0.25, -0.2) is 8.42 Å². The van der Waals surface area contributed by atoms with E-state index >= 15 is 0 Å². The Hall–Kier alpha value is -0.430. The van der Waals surface area contributed by atoms with Crippen molar-refractivity contribution in [2.75, 3.05) is 13.1 Å². The minimum absolute atomic E-state index is 0.176. The molecule has 0 aromatic carbocycles. The molecule has 1 aromatic rings. The van der Waals surface area contributed by atoms with Crippen molar-refractivity contribution in [2.45, 2.75) is 42.9 Å². The monoisotopic (exact) mass is 288 g/mol. The molecule has 6 heteroatoms. The van der Waals surface area contributed by atoms with Gasteiger partial charge in [-0.3, -0.25) is 0 Å². The molecule has 1 aliphatic heterocycles. The second-order valence-corrected chi connectivity index (χ2v) is 7.87. The third-order valence-corrected chi connectivity index (χ3v) is 6.95. The minimum Gasteiger partial charge on any atom is -0.330 e. The summed E-state index contributed by atoms with van der Waals surface area (Å²) in [6, 6.07) is 3.77. The molecule has 1 aliphatic rings. The fourth-order valence-corrected chi connectivity index (χ4v) is 5.69. The predicted molar refractivity (Wildman–Crippen MR) is 74.3 cm³/mol. The Morgan fingerprint density at radius 1 is 1.50 bits per heavy atom. The van der Waals surface area contributed by atoms with E-state index in [2.05, 4.69) is 0 Å². The zero-order valence-corrected chi connectivity index (χ0v) is 12.3. The van der Waals surface area contributed by atoms with Gasteiger partial charge in [0.05, 0.1) is 0 Å². The highest BCUT2D eigenvalue weighted by Crippen LogP contribution is 2.31. The van der Waals surface area contributed by atoms with Crippen LogP contribution in [0.2, 0.25) is 0 Å².